The van der Waals surface area contributed by atoms with Gasteiger partial charge in [-0.05, 0) is 55.8 Å². The highest BCUT2D eigenvalue weighted by molar-refractivity contribution is 5.93. The average Bonchev–Trinajstić information content (AvgIpc) is 3.17. The lowest BCUT2D eigenvalue weighted by molar-refractivity contribution is -0.118. The Balaban J connectivity index is 1.51. The summed E-state index contributed by atoms with van der Waals surface area (Å²) in [5.74, 6) is 1.62. The molecule has 0 saturated carbocycles. The summed E-state index contributed by atoms with van der Waals surface area (Å²) in [5.41, 5.74) is 4.87. The van der Waals surface area contributed by atoms with Gasteiger partial charge in [-0.3, -0.25) is 4.79 Å². The number of hydrogen-bond acceptors (Lipinski definition) is 5. The second kappa shape index (κ2) is 8.29. The fraction of sp³-hybridized carbons (Fsp3) is 0.167. The first-order valence-corrected chi connectivity index (χ1v) is 9.57. The molecule has 1 heterocycles. The maximum atomic E-state index is 12.4. The van der Waals surface area contributed by atoms with Crippen LogP contribution in [0.15, 0.2) is 65.1 Å². The van der Waals surface area contributed by atoms with E-state index in [0.717, 1.165) is 16.7 Å². The number of methoxy groups -OCH3 is 1. The minimum absolute atomic E-state index is 0.0740. The molecule has 152 valence electrons. The van der Waals surface area contributed by atoms with Gasteiger partial charge < -0.3 is 19.2 Å². The molecule has 4 aromatic rings. The van der Waals surface area contributed by atoms with Crippen LogP contribution >= 0.6 is 0 Å². The number of aromatic nitrogens is 1. The predicted octanol–water partition coefficient (Wildman–Crippen LogP) is 5.14. The van der Waals surface area contributed by atoms with E-state index in [1.807, 2.05) is 74.5 Å². The quantitative estimate of drug-likeness (QED) is 0.483. The van der Waals surface area contributed by atoms with Crippen LogP contribution in [0.1, 0.15) is 11.1 Å². The van der Waals surface area contributed by atoms with Gasteiger partial charge in [0.1, 0.15) is 17.0 Å². The van der Waals surface area contributed by atoms with E-state index < -0.39 is 0 Å². The first-order chi connectivity index (χ1) is 14.5. The molecular formula is C24H22N2O4. The predicted molar refractivity (Wildman–Crippen MR) is 116 cm³/mol. The minimum atomic E-state index is -0.238. The lowest BCUT2D eigenvalue weighted by Gasteiger charge is -2.11. The summed E-state index contributed by atoms with van der Waals surface area (Å²) in [6, 6.07) is 18.7. The van der Waals surface area contributed by atoms with Gasteiger partial charge in [0.05, 0.1) is 7.11 Å². The number of ether oxygens (including phenoxy) is 2. The number of hydrogen-bond donors (Lipinski definition) is 1. The third kappa shape index (κ3) is 4.12. The van der Waals surface area contributed by atoms with Crippen LogP contribution in [-0.2, 0) is 4.79 Å². The summed E-state index contributed by atoms with van der Waals surface area (Å²) >= 11 is 0. The van der Waals surface area contributed by atoms with Crippen LogP contribution in [0.25, 0.3) is 22.6 Å². The Morgan fingerprint density at radius 2 is 1.80 bits per heavy atom. The van der Waals surface area contributed by atoms with Gasteiger partial charge in [-0.2, -0.15) is 0 Å². The second-order valence-electron chi connectivity index (χ2n) is 6.98. The van der Waals surface area contributed by atoms with Gasteiger partial charge in [-0.15, -0.1) is 0 Å². The minimum Gasteiger partial charge on any atom is -0.497 e. The molecule has 0 saturated heterocycles. The molecule has 0 aliphatic heterocycles. The Morgan fingerprint density at radius 3 is 2.57 bits per heavy atom. The number of nitrogens with zero attached hydrogens (tertiary/aromatic N) is 1. The average molecular weight is 402 g/mol. The van der Waals surface area contributed by atoms with Crippen LogP contribution in [0.5, 0.6) is 11.5 Å². The van der Waals surface area contributed by atoms with Crippen molar-refractivity contribution < 1.29 is 18.7 Å². The van der Waals surface area contributed by atoms with Crippen LogP contribution < -0.4 is 14.8 Å². The molecule has 30 heavy (non-hydrogen) atoms. The van der Waals surface area contributed by atoms with Crippen LogP contribution in [0.2, 0.25) is 0 Å². The van der Waals surface area contributed by atoms with Gasteiger partial charge in [0.25, 0.3) is 5.91 Å². The SMILES string of the molecule is COc1ccc2oc(-c3cccc(NC(=O)COc4ccc(C)cc4)c3C)nc2c1. The lowest BCUT2D eigenvalue weighted by atomic mass is 10.1. The number of fused-ring (bicyclic) bond motifs is 1. The van der Waals surface area contributed by atoms with Crippen molar-refractivity contribution in [3.63, 3.8) is 0 Å². The van der Waals surface area contributed by atoms with E-state index in [1.165, 1.54) is 0 Å². The maximum Gasteiger partial charge on any atom is 0.262 e. The largest absolute Gasteiger partial charge is 0.497 e. The van der Waals surface area contributed by atoms with Crippen molar-refractivity contribution in [3.8, 4) is 23.0 Å². The molecule has 0 unspecified atom stereocenters. The third-order valence-electron chi connectivity index (χ3n) is 4.82. The Kier molecular flexibility index (Phi) is 5.39. The van der Waals surface area contributed by atoms with Crippen LogP contribution in [0.3, 0.4) is 0 Å². The highest BCUT2D eigenvalue weighted by Crippen LogP contribution is 2.31. The van der Waals surface area contributed by atoms with Crippen molar-refractivity contribution >= 4 is 22.7 Å². The fourth-order valence-corrected chi connectivity index (χ4v) is 3.12. The Morgan fingerprint density at radius 1 is 1.03 bits per heavy atom. The second-order valence-corrected chi connectivity index (χ2v) is 6.98. The van der Waals surface area contributed by atoms with Gasteiger partial charge >= 0.3 is 0 Å². The molecule has 0 aliphatic carbocycles. The number of rotatable bonds is 6. The molecule has 6 heteroatoms. The number of nitrogens with one attached hydrogen (secondary N) is 1. The molecule has 1 amide bonds. The maximum absolute atomic E-state index is 12.4. The monoisotopic (exact) mass is 402 g/mol. The van der Waals surface area contributed by atoms with Crippen molar-refractivity contribution in [2.75, 3.05) is 19.0 Å². The van der Waals surface area contributed by atoms with E-state index in [9.17, 15) is 4.79 Å². The summed E-state index contributed by atoms with van der Waals surface area (Å²) in [6.45, 7) is 3.84. The molecule has 6 nitrogen and oxygen atoms in total. The molecule has 3 aromatic carbocycles. The Labute approximate surface area is 174 Å². The fourth-order valence-electron chi connectivity index (χ4n) is 3.12. The number of aryl methyl sites for hydroxylation is 1. The highest BCUT2D eigenvalue weighted by atomic mass is 16.5. The van der Waals surface area contributed by atoms with Crippen molar-refractivity contribution in [3.05, 3.63) is 71.8 Å². The highest BCUT2D eigenvalue weighted by Gasteiger charge is 2.15. The molecule has 0 fully saturated rings. The van der Waals surface area contributed by atoms with Crippen molar-refractivity contribution in [1.82, 2.24) is 4.98 Å². The van der Waals surface area contributed by atoms with Gasteiger partial charge in [-0.25, -0.2) is 4.98 Å². The van der Waals surface area contributed by atoms with Gasteiger partial charge in [0, 0.05) is 17.3 Å². The number of anilines is 1. The van der Waals surface area contributed by atoms with E-state index in [-0.39, 0.29) is 12.5 Å². The molecule has 0 spiro atoms. The topological polar surface area (TPSA) is 73.6 Å². The van der Waals surface area contributed by atoms with Crippen LogP contribution in [0, 0.1) is 13.8 Å². The zero-order valence-electron chi connectivity index (χ0n) is 17.1. The number of benzene rings is 3. The third-order valence-corrected chi connectivity index (χ3v) is 4.82. The molecule has 0 bridgehead atoms. The molecule has 1 aromatic heterocycles. The van der Waals surface area contributed by atoms with Gasteiger partial charge in [0.15, 0.2) is 12.2 Å². The number of amides is 1. The zero-order chi connectivity index (χ0) is 21.1. The summed E-state index contributed by atoms with van der Waals surface area (Å²) in [7, 11) is 1.61. The normalized spacial score (nSPS) is 10.8. The van der Waals surface area contributed by atoms with Crippen molar-refractivity contribution in [2.45, 2.75) is 13.8 Å². The first kappa shape index (κ1) is 19.5. The summed E-state index contributed by atoms with van der Waals surface area (Å²) in [6.07, 6.45) is 0. The number of carbonyl (C=O) groups is 1. The summed E-state index contributed by atoms with van der Waals surface area (Å²) in [5, 5.41) is 2.90. The first-order valence-electron chi connectivity index (χ1n) is 9.57. The molecule has 1 N–H and O–H groups in total. The Hall–Kier alpha value is -3.80. The summed E-state index contributed by atoms with van der Waals surface area (Å²) in [4.78, 5) is 16.9. The Bertz CT molecular complexity index is 1200. The van der Waals surface area contributed by atoms with Crippen LogP contribution in [-0.4, -0.2) is 24.6 Å². The molecule has 0 aliphatic rings. The smallest absolute Gasteiger partial charge is 0.262 e. The van der Waals surface area contributed by atoms with E-state index in [0.29, 0.717) is 34.2 Å². The van der Waals surface area contributed by atoms with Crippen molar-refractivity contribution in [2.24, 2.45) is 0 Å². The van der Waals surface area contributed by atoms with E-state index >= 15 is 0 Å². The van der Waals surface area contributed by atoms with Gasteiger partial charge in [0.2, 0.25) is 5.89 Å². The summed E-state index contributed by atoms with van der Waals surface area (Å²) < 4.78 is 16.7. The molecular weight excluding hydrogens is 380 g/mol. The molecule has 4 rings (SSSR count). The van der Waals surface area contributed by atoms with E-state index in [2.05, 4.69) is 10.3 Å². The standard InChI is InChI=1S/C24H22N2O4/c1-15-7-9-17(10-8-15)29-14-23(27)25-20-6-4-5-19(16(20)2)24-26-21-13-18(28-3)11-12-22(21)30-24/h4-13H,14H2,1-3H3,(H,25,27). The number of carbonyl (C=O) groups excluding carboxylic acids is 1. The van der Waals surface area contributed by atoms with E-state index in [1.54, 1.807) is 7.11 Å². The zero-order valence-corrected chi connectivity index (χ0v) is 17.1. The van der Waals surface area contributed by atoms with Crippen LogP contribution in [0.4, 0.5) is 5.69 Å². The number of oxazole rings is 1. The van der Waals surface area contributed by atoms with E-state index in [4.69, 9.17) is 13.9 Å². The molecule has 0 radical (unpaired) electrons. The van der Waals surface area contributed by atoms with Gasteiger partial charge in [-0.1, -0.05) is 23.8 Å². The molecule has 0 atom stereocenters. The lowest BCUT2D eigenvalue weighted by Crippen LogP contribution is -2.20. The van der Waals surface area contributed by atoms with Crippen molar-refractivity contribution in [1.29, 1.82) is 0 Å².